The molecule has 0 aromatic carbocycles. The van der Waals surface area contributed by atoms with Gasteiger partial charge in [-0.25, -0.2) is 9.78 Å². The Balaban J connectivity index is 2.91. The lowest BCUT2D eigenvalue weighted by molar-refractivity contribution is -0.139. The molecule has 18 heavy (non-hydrogen) atoms. The fourth-order valence-corrected chi connectivity index (χ4v) is 1.46. The molecule has 94 valence electrons. The van der Waals surface area contributed by atoms with Gasteiger partial charge in [0.1, 0.15) is 16.9 Å². The molecule has 1 atom stereocenters. The number of terminal acetylenes is 1. The van der Waals surface area contributed by atoms with Crippen molar-refractivity contribution in [2.24, 2.45) is 0 Å². The van der Waals surface area contributed by atoms with E-state index in [1.165, 1.54) is 12.1 Å². The van der Waals surface area contributed by atoms with Crippen LogP contribution in [-0.4, -0.2) is 28.0 Å². The van der Waals surface area contributed by atoms with Crippen LogP contribution < -0.4 is 5.32 Å². The molecule has 0 saturated heterocycles. The lowest BCUT2D eigenvalue weighted by Crippen LogP contribution is -2.40. The van der Waals surface area contributed by atoms with E-state index in [0.717, 1.165) is 0 Å². The van der Waals surface area contributed by atoms with Crippen LogP contribution in [0.3, 0.4) is 0 Å². The van der Waals surface area contributed by atoms with Gasteiger partial charge in [-0.3, -0.25) is 4.79 Å². The van der Waals surface area contributed by atoms with Crippen LogP contribution in [-0.2, 0) is 4.79 Å². The molecule has 0 spiro atoms. The summed E-state index contributed by atoms with van der Waals surface area (Å²) in [4.78, 5) is 26.3. The van der Waals surface area contributed by atoms with E-state index in [0.29, 0.717) is 0 Å². The van der Waals surface area contributed by atoms with Crippen molar-refractivity contribution in [1.82, 2.24) is 10.3 Å². The summed E-state index contributed by atoms with van der Waals surface area (Å²) in [6.07, 6.45) is 4.87. The monoisotopic (exact) mass is 286 g/mol. The Bertz CT molecular complexity index is 526. The van der Waals surface area contributed by atoms with Gasteiger partial charge < -0.3 is 10.4 Å². The highest BCUT2D eigenvalue weighted by molar-refractivity contribution is 6.34. The summed E-state index contributed by atoms with van der Waals surface area (Å²) < 4.78 is 0. The van der Waals surface area contributed by atoms with Gasteiger partial charge in [-0.15, -0.1) is 12.3 Å². The van der Waals surface area contributed by atoms with Crippen molar-refractivity contribution in [1.29, 1.82) is 0 Å². The highest BCUT2D eigenvalue weighted by Gasteiger charge is 2.21. The van der Waals surface area contributed by atoms with Crippen LogP contribution in [0.15, 0.2) is 12.1 Å². The van der Waals surface area contributed by atoms with Crippen LogP contribution >= 0.6 is 23.2 Å². The molecule has 1 amide bonds. The number of aliphatic carboxylic acids is 1. The van der Waals surface area contributed by atoms with E-state index in [2.05, 4.69) is 16.2 Å². The molecular weight excluding hydrogens is 279 g/mol. The van der Waals surface area contributed by atoms with E-state index in [9.17, 15) is 9.59 Å². The standard InChI is InChI=1S/C11H8Cl2N2O3/c1-2-3-7(11(17)18)14-10(16)9-6(12)4-5-8(13)15-9/h1,4-5,7H,3H2,(H,14,16)(H,17,18). The van der Waals surface area contributed by atoms with Crippen LogP contribution in [0.4, 0.5) is 0 Å². The molecule has 7 heteroatoms. The van der Waals surface area contributed by atoms with Crippen molar-refractivity contribution in [3.05, 3.63) is 28.0 Å². The zero-order chi connectivity index (χ0) is 13.7. The molecule has 1 aromatic rings. The molecule has 0 bridgehead atoms. The lowest BCUT2D eigenvalue weighted by Gasteiger charge is -2.11. The lowest BCUT2D eigenvalue weighted by atomic mass is 10.2. The molecule has 1 heterocycles. The van der Waals surface area contributed by atoms with Crippen molar-refractivity contribution in [3.63, 3.8) is 0 Å². The number of hydrogen-bond donors (Lipinski definition) is 2. The number of nitrogens with zero attached hydrogens (tertiary/aromatic N) is 1. The molecule has 1 rings (SSSR count). The Labute approximate surface area is 113 Å². The summed E-state index contributed by atoms with van der Waals surface area (Å²) in [5.41, 5.74) is -0.146. The second-order valence-electron chi connectivity index (χ2n) is 3.24. The SMILES string of the molecule is C#CCC(NC(=O)c1nc(Cl)ccc1Cl)C(=O)O. The summed E-state index contributed by atoms with van der Waals surface area (Å²) in [5.74, 6) is 0.175. The maximum Gasteiger partial charge on any atom is 0.327 e. The summed E-state index contributed by atoms with van der Waals surface area (Å²) in [5, 5.41) is 11.2. The maximum absolute atomic E-state index is 11.8. The first kappa shape index (κ1) is 14.3. The number of hydrogen-bond acceptors (Lipinski definition) is 3. The minimum absolute atomic E-state index is 0.0711. The Kier molecular flexibility index (Phi) is 4.95. The fourth-order valence-electron chi connectivity index (χ4n) is 1.12. The second-order valence-corrected chi connectivity index (χ2v) is 4.03. The van der Waals surface area contributed by atoms with Crippen LogP contribution in [0.2, 0.25) is 10.2 Å². The smallest absolute Gasteiger partial charge is 0.327 e. The summed E-state index contributed by atoms with van der Waals surface area (Å²) in [7, 11) is 0. The van der Waals surface area contributed by atoms with Crippen LogP contribution in [0.1, 0.15) is 16.9 Å². The molecule has 0 aliphatic heterocycles. The molecular formula is C11H8Cl2N2O3. The predicted octanol–water partition coefficient (Wildman–Crippen LogP) is 1.59. The van der Waals surface area contributed by atoms with Crippen molar-refractivity contribution >= 4 is 35.1 Å². The largest absolute Gasteiger partial charge is 0.480 e. The van der Waals surface area contributed by atoms with Gasteiger partial charge in [0.2, 0.25) is 0 Å². The molecule has 0 fully saturated rings. The molecule has 0 radical (unpaired) electrons. The Morgan fingerprint density at radius 3 is 2.72 bits per heavy atom. The predicted molar refractivity (Wildman–Crippen MR) is 66.6 cm³/mol. The van der Waals surface area contributed by atoms with Gasteiger partial charge in [0.15, 0.2) is 0 Å². The van der Waals surface area contributed by atoms with E-state index >= 15 is 0 Å². The molecule has 0 aliphatic rings. The van der Waals surface area contributed by atoms with Gasteiger partial charge >= 0.3 is 5.97 Å². The zero-order valence-corrected chi connectivity index (χ0v) is 10.5. The average Bonchev–Trinajstić information content (AvgIpc) is 2.31. The number of rotatable bonds is 4. The third-order valence-corrected chi connectivity index (χ3v) is 2.47. The second kappa shape index (κ2) is 6.24. The van der Waals surface area contributed by atoms with Gasteiger partial charge in [0.05, 0.1) is 5.02 Å². The average molecular weight is 287 g/mol. The van der Waals surface area contributed by atoms with Crippen LogP contribution in [0.25, 0.3) is 0 Å². The molecule has 0 saturated carbocycles. The highest BCUT2D eigenvalue weighted by atomic mass is 35.5. The molecule has 1 unspecified atom stereocenters. The van der Waals surface area contributed by atoms with Crippen molar-refractivity contribution in [3.8, 4) is 12.3 Å². The number of amides is 1. The van der Waals surface area contributed by atoms with Gasteiger partial charge in [-0.2, -0.15) is 0 Å². The third kappa shape index (κ3) is 3.62. The summed E-state index contributed by atoms with van der Waals surface area (Å²) in [6, 6.07) is 1.61. The number of carbonyl (C=O) groups is 2. The number of halogens is 2. The quantitative estimate of drug-likeness (QED) is 0.651. The first-order chi connectivity index (χ1) is 8.45. The van der Waals surface area contributed by atoms with Gasteiger partial charge in [-0.1, -0.05) is 23.2 Å². The number of carbonyl (C=O) groups excluding carboxylic acids is 1. The van der Waals surface area contributed by atoms with Crippen molar-refractivity contribution in [2.75, 3.05) is 0 Å². The first-order valence-corrected chi connectivity index (χ1v) is 5.50. The molecule has 5 nitrogen and oxygen atoms in total. The zero-order valence-electron chi connectivity index (χ0n) is 8.98. The molecule has 1 aromatic heterocycles. The van der Waals surface area contributed by atoms with Gasteiger partial charge in [0.25, 0.3) is 5.91 Å². The highest BCUT2D eigenvalue weighted by Crippen LogP contribution is 2.16. The van der Waals surface area contributed by atoms with E-state index in [4.69, 9.17) is 34.7 Å². The number of pyridine rings is 1. The summed E-state index contributed by atoms with van der Waals surface area (Å²) in [6.45, 7) is 0. The Hall–Kier alpha value is -1.77. The van der Waals surface area contributed by atoms with E-state index in [1.807, 2.05) is 0 Å². The van der Waals surface area contributed by atoms with Crippen molar-refractivity contribution < 1.29 is 14.7 Å². The van der Waals surface area contributed by atoms with Crippen LogP contribution in [0.5, 0.6) is 0 Å². The maximum atomic E-state index is 11.8. The Morgan fingerprint density at radius 2 is 2.17 bits per heavy atom. The molecule has 2 N–H and O–H groups in total. The number of carboxylic acid groups (broad SMARTS) is 1. The number of carboxylic acids is 1. The minimum Gasteiger partial charge on any atom is -0.480 e. The third-order valence-electron chi connectivity index (χ3n) is 1.95. The van der Waals surface area contributed by atoms with E-state index in [1.54, 1.807) is 0 Å². The molecule has 0 aliphatic carbocycles. The Morgan fingerprint density at radius 1 is 1.50 bits per heavy atom. The fraction of sp³-hybridized carbons (Fsp3) is 0.182. The van der Waals surface area contributed by atoms with Crippen molar-refractivity contribution in [2.45, 2.75) is 12.5 Å². The van der Waals surface area contributed by atoms with E-state index < -0.39 is 17.9 Å². The van der Waals surface area contributed by atoms with Crippen LogP contribution in [0, 0.1) is 12.3 Å². The first-order valence-electron chi connectivity index (χ1n) is 4.75. The topological polar surface area (TPSA) is 79.3 Å². The minimum atomic E-state index is -1.24. The van der Waals surface area contributed by atoms with Gasteiger partial charge in [0, 0.05) is 6.42 Å². The number of aromatic nitrogens is 1. The number of nitrogens with one attached hydrogen (secondary N) is 1. The summed E-state index contributed by atoms with van der Waals surface area (Å²) >= 11 is 11.4. The van der Waals surface area contributed by atoms with E-state index in [-0.39, 0.29) is 22.3 Å². The normalized spacial score (nSPS) is 11.4. The van der Waals surface area contributed by atoms with Gasteiger partial charge in [-0.05, 0) is 12.1 Å².